The number of halogens is 3. The lowest BCUT2D eigenvalue weighted by atomic mass is 10.0. The first-order valence-electron chi connectivity index (χ1n) is 9.85. The van der Waals surface area contributed by atoms with Gasteiger partial charge in [-0.15, -0.1) is 0 Å². The number of hydrazone groups is 1. The molecule has 0 aliphatic heterocycles. The maximum Gasteiger partial charge on any atom is 0.411 e. The zero-order chi connectivity index (χ0) is 22.8. The summed E-state index contributed by atoms with van der Waals surface area (Å²) in [6.45, 7) is 7.97. The normalized spacial score (nSPS) is 14.0. The van der Waals surface area contributed by atoms with Crippen LogP contribution in [0.25, 0.3) is 0 Å². The number of nitrogens with zero attached hydrogens (tertiary/aromatic N) is 2. The summed E-state index contributed by atoms with van der Waals surface area (Å²) in [5, 5.41) is 3.97. The molecule has 0 rings (SSSR count). The Morgan fingerprint density at radius 3 is 2.43 bits per heavy atom. The van der Waals surface area contributed by atoms with Crippen molar-refractivity contribution in [2.75, 3.05) is 13.2 Å². The van der Waals surface area contributed by atoms with Gasteiger partial charge in [0.05, 0.1) is 12.3 Å². The maximum atomic E-state index is 12.4. The quantitative estimate of drug-likeness (QED) is 0.120. The van der Waals surface area contributed by atoms with Crippen LogP contribution in [0.15, 0.2) is 57.8 Å². The van der Waals surface area contributed by atoms with E-state index >= 15 is 0 Å². The Morgan fingerprint density at radius 1 is 1.17 bits per heavy atom. The molecule has 168 valence electrons. The molecule has 0 bridgehead atoms. The van der Waals surface area contributed by atoms with Gasteiger partial charge in [0.1, 0.15) is 6.61 Å². The fraction of sp³-hybridized carbons (Fsp3) is 0.500. The summed E-state index contributed by atoms with van der Waals surface area (Å²) in [5.41, 5.74) is 5.26. The number of alkyl halides is 3. The van der Waals surface area contributed by atoms with Crippen molar-refractivity contribution in [3.05, 3.63) is 47.7 Å². The van der Waals surface area contributed by atoms with Crippen LogP contribution in [-0.2, 0) is 9.53 Å². The van der Waals surface area contributed by atoms with E-state index in [1.807, 2.05) is 32.1 Å². The van der Waals surface area contributed by atoms with Crippen molar-refractivity contribution in [2.24, 2.45) is 10.1 Å². The third-order valence-electron chi connectivity index (χ3n) is 4.01. The van der Waals surface area contributed by atoms with E-state index in [0.29, 0.717) is 24.1 Å². The monoisotopic (exact) mass is 427 g/mol. The van der Waals surface area contributed by atoms with Crippen molar-refractivity contribution in [1.82, 2.24) is 5.43 Å². The van der Waals surface area contributed by atoms with Crippen LogP contribution < -0.4 is 5.43 Å². The number of hydrogen-bond acceptors (Lipinski definition) is 4. The molecule has 0 heterocycles. The van der Waals surface area contributed by atoms with Gasteiger partial charge in [0.2, 0.25) is 6.41 Å². The third-order valence-corrected chi connectivity index (χ3v) is 4.01. The van der Waals surface area contributed by atoms with Crippen LogP contribution in [0, 0.1) is 0 Å². The van der Waals surface area contributed by atoms with Gasteiger partial charge < -0.3 is 4.74 Å². The number of ether oxygens (including phenoxy) is 1. The predicted molar refractivity (Wildman–Crippen MR) is 117 cm³/mol. The molecular weight excluding hydrogens is 395 g/mol. The van der Waals surface area contributed by atoms with Gasteiger partial charge in [0.15, 0.2) is 0 Å². The van der Waals surface area contributed by atoms with Crippen LogP contribution in [0.2, 0.25) is 0 Å². The number of aliphatic imine (C=N–C) groups is 1. The van der Waals surface area contributed by atoms with Gasteiger partial charge in [0, 0.05) is 18.0 Å². The highest BCUT2D eigenvalue weighted by atomic mass is 19.4. The smallest absolute Gasteiger partial charge is 0.367 e. The molecule has 0 aliphatic carbocycles. The van der Waals surface area contributed by atoms with Gasteiger partial charge in [-0.2, -0.15) is 18.3 Å². The highest BCUT2D eigenvalue weighted by Crippen LogP contribution is 2.17. The summed E-state index contributed by atoms with van der Waals surface area (Å²) < 4.78 is 41.9. The third kappa shape index (κ3) is 14.5. The van der Waals surface area contributed by atoms with Crippen LogP contribution in [-0.4, -0.2) is 37.7 Å². The first-order valence-corrected chi connectivity index (χ1v) is 9.85. The molecule has 1 N–H and O–H groups in total. The SMILES string of the molecule is C=C(/C=C\C(=C/C)CCCCC(=N\NC=O)/C(=C/N=CC)COCC(F)(F)F)CC. The summed E-state index contributed by atoms with van der Waals surface area (Å²) in [7, 11) is 0. The molecule has 0 aliphatic rings. The van der Waals surface area contributed by atoms with Gasteiger partial charge in [-0.1, -0.05) is 42.9 Å². The van der Waals surface area contributed by atoms with E-state index < -0.39 is 12.8 Å². The Balaban J connectivity index is 5.00. The van der Waals surface area contributed by atoms with Crippen LogP contribution in [0.3, 0.4) is 0 Å². The number of carbonyl (C=O) groups is 1. The summed E-state index contributed by atoms with van der Waals surface area (Å²) in [4.78, 5) is 14.6. The predicted octanol–water partition coefficient (Wildman–Crippen LogP) is 5.67. The summed E-state index contributed by atoms with van der Waals surface area (Å²) >= 11 is 0. The van der Waals surface area contributed by atoms with Crippen molar-refractivity contribution in [3.63, 3.8) is 0 Å². The molecule has 5 nitrogen and oxygen atoms in total. The fourth-order valence-corrected chi connectivity index (χ4v) is 2.32. The standard InChI is InChI=1S/C22H32F3N3O2/c1-5-18(4)12-13-19(6-2)10-8-9-11-21(28-27-17-29)20(14-26-7-3)15-30-16-22(23,24)25/h6-7,12-14,17H,4-5,8-11,15-16H2,1-3H3,(H,27,29)/b13-12-,19-6-,20-14+,26-7?,28-21+. The fourth-order valence-electron chi connectivity index (χ4n) is 2.32. The lowest BCUT2D eigenvalue weighted by Crippen LogP contribution is -2.20. The van der Waals surface area contributed by atoms with E-state index in [1.54, 1.807) is 6.92 Å². The Bertz CT molecular complexity index is 676. The molecule has 0 saturated heterocycles. The van der Waals surface area contributed by atoms with E-state index in [2.05, 4.69) is 22.1 Å². The largest absolute Gasteiger partial charge is 0.411 e. The van der Waals surface area contributed by atoms with E-state index in [0.717, 1.165) is 31.3 Å². The van der Waals surface area contributed by atoms with Crippen molar-refractivity contribution in [1.29, 1.82) is 0 Å². The number of hydrogen-bond donors (Lipinski definition) is 1. The summed E-state index contributed by atoms with van der Waals surface area (Å²) in [5.74, 6) is 0. The molecule has 0 aromatic carbocycles. The highest BCUT2D eigenvalue weighted by Gasteiger charge is 2.27. The van der Waals surface area contributed by atoms with Crippen LogP contribution in [0.1, 0.15) is 52.9 Å². The second kappa shape index (κ2) is 16.3. The van der Waals surface area contributed by atoms with Crippen molar-refractivity contribution in [3.8, 4) is 0 Å². The second-order valence-corrected chi connectivity index (χ2v) is 6.39. The molecular formula is C22H32F3N3O2. The molecule has 0 unspecified atom stereocenters. The lowest BCUT2D eigenvalue weighted by molar-refractivity contribution is -0.171. The first kappa shape index (κ1) is 27.5. The first-order chi connectivity index (χ1) is 14.3. The molecule has 0 aromatic heterocycles. The maximum absolute atomic E-state index is 12.4. The molecule has 0 atom stereocenters. The molecule has 0 fully saturated rings. The number of carbonyl (C=O) groups excluding carboxylic acids is 1. The summed E-state index contributed by atoms with van der Waals surface area (Å²) in [6, 6.07) is 0. The highest BCUT2D eigenvalue weighted by molar-refractivity contribution is 6.00. The van der Waals surface area contributed by atoms with Crippen LogP contribution in [0.4, 0.5) is 13.2 Å². The second-order valence-electron chi connectivity index (χ2n) is 6.39. The van der Waals surface area contributed by atoms with Crippen molar-refractivity contribution < 1.29 is 22.7 Å². The molecule has 0 spiro atoms. The Hall–Kier alpha value is -2.48. The zero-order valence-corrected chi connectivity index (χ0v) is 18.0. The number of amides is 1. The number of rotatable bonds is 15. The zero-order valence-electron chi connectivity index (χ0n) is 18.0. The van der Waals surface area contributed by atoms with Gasteiger partial charge in [0.25, 0.3) is 0 Å². The molecule has 0 saturated carbocycles. The van der Waals surface area contributed by atoms with Crippen molar-refractivity contribution in [2.45, 2.75) is 59.1 Å². The lowest BCUT2D eigenvalue weighted by Gasteiger charge is -2.12. The Labute approximate surface area is 177 Å². The van der Waals surface area contributed by atoms with Gasteiger partial charge >= 0.3 is 6.18 Å². The minimum absolute atomic E-state index is 0.307. The average molecular weight is 428 g/mol. The molecule has 0 aromatic rings. The van der Waals surface area contributed by atoms with Gasteiger partial charge in [-0.25, -0.2) is 5.43 Å². The van der Waals surface area contributed by atoms with E-state index in [1.165, 1.54) is 18.0 Å². The Kier molecular flexibility index (Phi) is 15.0. The molecule has 8 heteroatoms. The number of unbranched alkanes of at least 4 members (excludes halogenated alkanes) is 1. The van der Waals surface area contributed by atoms with Crippen LogP contribution in [0.5, 0.6) is 0 Å². The van der Waals surface area contributed by atoms with Crippen molar-refractivity contribution >= 4 is 18.3 Å². The minimum atomic E-state index is -4.42. The average Bonchev–Trinajstić information content (AvgIpc) is 2.71. The van der Waals surface area contributed by atoms with E-state index in [9.17, 15) is 18.0 Å². The minimum Gasteiger partial charge on any atom is -0.367 e. The van der Waals surface area contributed by atoms with Gasteiger partial charge in [-0.3, -0.25) is 9.79 Å². The topological polar surface area (TPSA) is 63.0 Å². The molecule has 0 radical (unpaired) electrons. The molecule has 1 amide bonds. The summed E-state index contributed by atoms with van der Waals surface area (Å²) in [6.07, 6.45) is 8.73. The number of nitrogens with one attached hydrogen (secondary N) is 1. The van der Waals surface area contributed by atoms with E-state index in [4.69, 9.17) is 4.74 Å². The van der Waals surface area contributed by atoms with E-state index in [-0.39, 0.29) is 6.61 Å². The number of allylic oxidation sites excluding steroid dienone is 5. The Morgan fingerprint density at radius 2 is 1.87 bits per heavy atom. The molecule has 30 heavy (non-hydrogen) atoms. The van der Waals surface area contributed by atoms with Gasteiger partial charge in [-0.05, 0) is 46.0 Å². The van der Waals surface area contributed by atoms with Crippen LogP contribution >= 0.6 is 0 Å².